The quantitative estimate of drug-likeness (QED) is 0.343. The van der Waals surface area contributed by atoms with Crippen LogP contribution in [0.2, 0.25) is 5.02 Å². The minimum absolute atomic E-state index is 0.0838. The zero-order valence-electron chi connectivity index (χ0n) is 17.5. The second kappa shape index (κ2) is 9.53. The van der Waals surface area contributed by atoms with E-state index < -0.39 is 23.8 Å². The first-order chi connectivity index (χ1) is 15.6. The number of nitrogens with zero attached hydrogens (tertiary/aromatic N) is 3. The predicted octanol–water partition coefficient (Wildman–Crippen LogP) is 3.23. The van der Waals surface area contributed by atoms with Crippen LogP contribution in [0.1, 0.15) is 40.7 Å². The fraction of sp³-hybridized carbons (Fsp3) is 0.150. The Morgan fingerprint density at radius 3 is 2.33 bits per heavy atom. The number of hydrogen-bond donors (Lipinski definition) is 5. The molecule has 0 aliphatic rings. The highest BCUT2D eigenvalue weighted by Crippen LogP contribution is 2.23. The first-order valence-corrected chi connectivity index (χ1v) is 9.92. The molecule has 13 heteroatoms. The van der Waals surface area contributed by atoms with Gasteiger partial charge in [0.15, 0.2) is 5.69 Å². The molecule has 0 radical (unpaired) electrons. The van der Waals surface area contributed by atoms with Gasteiger partial charge in [-0.1, -0.05) is 11.6 Å². The third kappa shape index (κ3) is 5.36. The second-order valence-electron chi connectivity index (χ2n) is 7.11. The molecule has 3 aromatic rings. The molecule has 7 N–H and O–H groups in total. The monoisotopic (exact) mass is 474 g/mol. The maximum atomic E-state index is 14.2. The van der Waals surface area contributed by atoms with Gasteiger partial charge in [0, 0.05) is 16.8 Å². The summed E-state index contributed by atoms with van der Waals surface area (Å²) in [5.41, 5.74) is 10.8. The number of carbonyl (C=O) groups is 3. The number of nitrogens with two attached hydrogens (primary N) is 2. The molecule has 0 spiro atoms. The van der Waals surface area contributed by atoms with Crippen molar-refractivity contribution in [2.75, 3.05) is 21.7 Å². The Morgan fingerprint density at radius 2 is 1.73 bits per heavy atom. The number of primary amides is 1. The van der Waals surface area contributed by atoms with Crippen molar-refractivity contribution in [1.29, 1.82) is 0 Å². The van der Waals surface area contributed by atoms with Gasteiger partial charge >= 0.3 is 6.03 Å². The van der Waals surface area contributed by atoms with Gasteiger partial charge in [-0.2, -0.15) is 9.49 Å². The van der Waals surface area contributed by atoms with Crippen LogP contribution in [0, 0.1) is 5.95 Å². The van der Waals surface area contributed by atoms with E-state index in [4.69, 9.17) is 23.1 Å². The van der Waals surface area contributed by atoms with Gasteiger partial charge in [0.05, 0.1) is 17.6 Å². The molecule has 0 aliphatic carbocycles. The lowest BCUT2D eigenvalue weighted by Crippen LogP contribution is -2.22. The van der Waals surface area contributed by atoms with Crippen LogP contribution >= 0.6 is 11.6 Å². The number of hydrogen-bond acceptors (Lipinski definition) is 6. The van der Waals surface area contributed by atoms with Crippen LogP contribution in [-0.4, -0.2) is 32.6 Å². The second-order valence-corrected chi connectivity index (χ2v) is 7.55. The lowest BCUT2D eigenvalue weighted by Gasteiger charge is -2.10. The highest BCUT2D eigenvalue weighted by atomic mass is 35.5. The molecule has 1 aromatic carbocycles. The van der Waals surface area contributed by atoms with E-state index in [-0.39, 0.29) is 34.5 Å². The van der Waals surface area contributed by atoms with Crippen molar-refractivity contribution in [3.8, 4) is 0 Å². The number of urea groups is 1. The lowest BCUT2D eigenvalue weighted by molar-refractivity contribution is 0.0976. The van der Waals surface area contributed by atoms with Crippen molar-refractivity contribution in [2.45, 2.75) is 19.9 Å². The Kier molecular flexibility index (Phi) is 6.78. The molecule has 0 bridgehead atoms. The fourth-order valence-corrected chi connectivity index (χ4v) is 2.98. The number of benzene rings is 1. The molecule has 0 atom stereocenters. The summed E-state index contributed by atoms with van der Waals surface area (Å²) in [5.74, 6) is -3.00. The Hall–Kier alpha value is -4.19. The molecular formula is C20H20ClFN8O3. The SMILES string of the molecule is CC(C)n1nc(C(=O)Nc2cc(NC(=O)Nc3ccc(Cl)cc3)cnc2F)c(C(N)=O)c1N. The summed E-state index contributed by atoms with van der Waals surface area (Å²) in [6, 6.07) is 6.62. The molecule has 0 saturated heterocycles. The summed E-state index contributed by atoms with van der Waals surface area (Å²) >= 11 is 5.80. The Balaban J connectivity index is 1.79. The zero-order chi connectivity index (χ0) is 24.3. The summed E-state index contributed by atoms with van der Waals surface area (Å²) in [7, 11) is 0. The number of carbonyl (C=O) groups excluding carboxylic acids is 3. The summed E-state index contributed by atoms with van der Waals surface area (Å²) in [6.45, 7) is 3.48. The van der Waals surface area contributed by atoms with Crippen LogP contribution in [0.25, 0.3) is 0 Å². The molecule has 172 valence electrons. The van der Waals surface area contributed by atoms with Gasteiger partial charge in [-0.25, -0.2) is 14.5 Å². The minimum atomic E-state index is -1.02. The van der Waals surface area contributed by atoms with Crippen molar-refractivity contribution < 1.29 is 18.8 Å². The van der Waals surface area contributed by atoms with Crippen LogP contribution in [0.5, 0.6) is 0 Å². The number of nitrogens with one attached hydrogen (secondary N) is 3. The van der Waals surface area contributed by atoms with E-state index in [0.29, 0.717) is 10.7 Å². The number of nitrogen functional groups attached to an aromatic ring is 1. The fourth-order valence-electron chi connectivity index (χ4n) is 2.86. The van der Waals surface area contributed by atoms with Gasteiger partial charge < -0.3 is 27.4 Å². The van der Waals surface area contributed by atoms with E-state index in [2.05, 4.69) is 26.0 Å². The largest absolute Gasteiger partial charge is 0.383 e. The first-order valence-electron chi connectivity index (χ1n) is 9.55. The van der Waals surface area contributed by atoms with Gasteiger partial charge in [-0.15, -0.1) is 0 Å². The van der Waals surface area contributed by atoms with Crippen LogP contribution in [0.15, 0.2) is 36.5 Å². The number of amides is 4. The number of halogens is 2. The van der Waals surface area contributed by atoms with Crippen molar-refractivity contribution in [2.24, 2.45) is 5.73 Å². The van der Waals surface area contributed by atoms with Gasteiger partial charge in [-0.05, 0) is 44.2 Å². The molecule has 0 fully saturated rings. The number of aromatic nitrogens is 3. The number of anilines is 4. The Bertz CT molecular complexity index is 1230. The van der Waals surface area contributed by atoms with Gasteiger partial charge in [0.2, 0.25) is 5.95 Å². The summed E-state index contributed by atoms with van der Waals surface area (Å²) in [4.78, 5) is 40.2. The van der Waals surface area contributed by atoms with Crippen LogP contribution < -0.4 is 27.4 Å². The van der Waals surface area contributed by atoms with E-state index >= 15 is 0 Å². The van der Waals surface area contributed by atoms with E-state index in [9.17, 15) is 18.8 Å². The van der Waals surface area contributed by atoms with E-state index in [1.165, 1.54) is 4.68 Å². The van der Waals surface area contributed by atoms with E-state index in [1.807, 2.05) is 0 Å². The molecule has 0 unspecified atom stereocenters. The van der Waals surface area contributed by atoms with Crippen molar-refractivity contribution in [1.82, 2.24) is 14.8 Å². The van der Waals surface area contributed by atoms with Gasteiger partial charge in [0.25, 0.3) is 11.8 Å². The summed E-state index contributed by atoms with van der Waals surface area (Å²) < 4.78 is 15.5. The van der Waals surface area contributed by atoms with E-state index in [1.54, 1.807) is 38.1 Å². The molecule has 0 aliphatic heterocycles. The molecular weight excluding hydrogens is 455 g/mol. The lowest BCUT2D eigenvalue weighted by atomic mass is 10.2. The van der Waals surface area contributed by atoms with Crippen LogP contribution in [0.3, 0.4) is 0 Å². The van der Waals surface area contributed by atoms with Gasteiger partial charge in [0.1, 0.15) is 11.4 Å². The summed E-state index contributed by atoms with van der Waals surface area (Å²) in [6.07, 6.45) is 1.06. The van der Waals surface area contributed by atoms with Crippen LogP contribution in [0.4, 0.5) is 32.1 Å². The van der Waals surface area contributed by atoms with Gasteiger partial charge in [-0.3, -0.25) is 9.59 Å². The third-order valence-electron chi connectivity index (χ3n) is 4.35. The van der Waals surface area contributed by atoms with E-state index in [0.717, 1.165) is 12.3 Å². The van der Waals surface area contributed by atoms with Crippen molar-refractivity contribution >= 4 is 52.3 Å². The molecule has 11 nitrogen and oxygen atoms in total. The standard InChI is InChI=1S/C20H20ClFN8O3/c1-9(2)30-17(23)14(18(24)31)15(29-30)19(32)28-13-7-12(8-25-16(13)22)27-20(33)26-11-5-3-10(21)4-6-11/h3-9H,23H2,1-2H3,(H2,24,31)(H,28,32)(H2,26,27,33). The molecule has 0 saturated carbocycles. The van der Waals surface area contributed by atoms with Crippen LogP contribution in [-0.2, 0) is 0 Å². The normalized spacial score (nSPS) is 10.7. The third-order valence-corrected chi connectivity index (χ3v) is 4.60. The van der Waals surface area contributed by atoms with Crippen molar-refractivity contribution in [3.05, 3.63) is 58.8 Å². The van der Waals surface area contributed by atoms with Crippen molar-refractivity contribution in [3.63, 3.8) is 0 Å². The minimum Gasteiger partial charge on any atom is -0.383 e. The predicted molar refractivity (Wildman–Crippen MR) is 122 cm³/mol. The topological polar surface area (TPSA) is 170 Å². The molecule has 2 heterocycles. The zero-order valence-corrected chi connectivity index (χ0v) is 18.3. The smallest absolute Gasteiger partial charge is 0.323 e. The Morgan fingerprint density at radius 1 is 1.09 bits per heavy atom. The summed E-state index contributed by atoms with van der Waals surface area (Å²) in [5, 5.41) is 11.8. The molecule has 2 aromatic heterocycles. The molecule has 4 amide bonds. The highest BCUT2D eigenvalue weighted by Gasteiger charge is 2.27. The molecule has 33 heavy (non-hydrogen) atoms. The maximum Gasteiger partial charge on any atom is 0.323 e. The Labute approximate surface area is 192 Å². The molecule has 3 rings (SSSR count). The average Bonchev–Trinajstić information content (AvgIpc) is 3.10. The number of pyridine rings is 1. The average molecular weight is 475 g/mol. The maximum absolute atomic E-state index is 14.2. The first kappa shape index (κ1) is 23.5. The number of rotatable bonds is 6. The highest BCUT2D eigenvalue weighted by molar-refractivity contribution is 6.30.